The maximum atomic E-state index is 6.48. The van der Waals surface area contributed by atoms with Gasteiger partial charge in [-0.05, 0) is 93.6 Å². The van der Waals surface area contributed by atoms with Crippen molar-refractivity contribution in [2.75, 3.05) is 0 Å². The van der Waals surface area contributed by atoms with E-state index in [-0.39, 0.29) is 37.4 Å². The predicted molar refractivity (Wildman–Crippen MR) is 263 cm³/mol. The normalized spacial score (nSPS) is 12.0. The first-order chi connectivity index (χ1) is 29.6. The molecule has 5 nitrogen and oxygen atoms in total. The number of furan rings is 1. The maximum Gasteiger partial charge on any atom is 0.155 e. The molecule has 7 heteroatoms. The topological polar surface area (TPSA) is 56.7 Å². The molecule has 0 aliphatic rings. The SMILES string of the molecule is CC(C)(C)Cc1cc(-c2[c-]cccc2)ncc1[Si](C)(C)C.Cc1ccnc2c1nc(-c1[c-]ccc3c1oc1ccccc13)n2-c1c(C(C)C)cc(-c2ccccc2)cc1C(C)C.[Ir]. The van der Waals surface area contributed by atoms with Gasteiger partial charge in [-0.15, -0.1) is 54.1 Å². The van der Waals surface area contributed by atoms with Crippen LogP contribution in [0.1, 0.15) is 82.6 Å². The summed E-state index contributed by atoms with van der Waals surface area (Å²) in [6, 6.07) is 46.7. The number of aryl methyl sites for hydroxylation is 1. The molecule has 4 aromatic heterocycles. The van der Waals surface area contributed by atoms with Crippen molar-refractivity contribution < 1.29 is 24.5 Å². The van der Waals surface area contributed by atoms with Crippen LogP contribution in [0.25, 0.3) is 72.6 Å². The van der Waals surface area contributed by atoms with Gasteiger partial charge in [0.05, 0.1) is 25.0 Å². The molecule has 0 spiro atoms. The molecule has 0 bridgehead atoms. The van der Waals surface area contributed by atoms with Gasteiger partial charge >= 0.3 is 0 Å². The quantitative estimate of drug-likeness (QED) is 0.112. The summed E-state index contributed by atoms with van der Waals surface area (Å²) in [4.78, 5) is 14.9. The monoisotopic (exact) mass is 1020 g/mol. The van der Waals surface area contributed by atoms with Gasteiger partial charge in [0.25, 0.3) is 0 Å². The number of benzene rings is 5. The minimum Gasteiger partial charge on any atom is -0.501 e. The fraction of sp³-hybridized carbons (Fsp3) is 0.268. The van der Waals surface area contributed by atoms with E-state index in [2.05, 4.69) is 165 Å². The second-order valence-corrected chi connectivity index (χ2v) is 24.5. The van der Waals surface area contributed by atoms with E-state index in [1.807, 2.05) is 54.7 Å². The van der Waals surface area contributed by atoms with Gasteiger partial charge in [-0.1, -0.05) is 139 Å². The predicted octanol–water partition coefficient (Wildman–Crippen LogP) is 14.7. The molecule has 0 N–H and O–H groups in total. The van der Waals surface area contributed by atoms with Gasteiger partial charge in [0.2, 0.25) is 0 Å². The molecule has 0 aliphatic heterocycles. The Morgan fingerprint density at radius 2 is 1.41 bits per heavy atom. The minimum absolute atomic E-state index is 0. The first-order valence-corrected chi connectivity index (χ1v) is 25.5. The number of nitrogens with zero attached hydrogens (tertiary/aromatic N) is 4. The van der Waals surface area contributed by atoms with Crippen molar-refractivity contribution in [1.29, 1.82) is 0 Å². The van der Waals surface area contributed by atoms with E-state index < -0.39 is 8.07 Å². The number of pyridine rings is 2. The van der Waals surface area contributed by atoms with Crippen LogP contribution in [0.5, 0.6) is 0 Å². The van der Waals surface area contributed by atoms with Crippen molar-refractivity contribution in [1.82, 2.24) is 19.5 Å². The van der Waals surface area contributed by atoms with E-state index in [4.69, 9.17) is 19.4 Å². The molecule has 1 radical (unpaired) electrons. The average Bonchev–Trinajstić information content (AvgIpc) is 3.83. The van der Waals surface area contributed by atoms with E-state index in [0.29, 0.717) is 0 Å². The number of hydrogen-bond acceptors (Lipinski definition) is 4. The first kappa shape index (κ1) is 45.6. The van der Waals surface area contributed by atoms with E-state index in [1.54, 1.807) is 0 Å². The van der Waals surface area contributed by atoms with Gasteiger partial charge < -0.3 is 14.0 Å². The molecule has 5 aromatic carbocycles. The van der Waals surface area contributed by atoms with Crippen molar-refractivity contribution in [2.24, 2.45) is 5.41 Å². The number of para-hydroxylation sites is 1. The van der Waals surface area contributed by atoms with Crippen LogP contribution in [0.3, 0.4) is 0 Å². The summed E-state index contributed by atoms with van der Waals surface area (Å²) in [5.41, 5.74) is 15.3. The molecule has 0 fully saturated rings. The van der Waals surface area contributed by atoms with Crippen LogP contribution in [-0.4, -0.2) is 27.6 Å². The molecule has 0 unspecified atom stereocenters. The molecule has 9 rings (SSSR count). The Hall–Kier alpha value is -5.46. The maximum absolute atomic E-state index is 6.48. The molecule has 63 heavy (non-hydrogen) atoms. The zero-order valence-corrected chi connectivity index (χ0v) is 41.9. The van der Waals surface area contributed by atoms with E-state index in [9.17, 15) is 0 Å². The van der Waals surface area contributed by atoms with Crippen molar-refractivity contribution in [3.63, 3.8) is 0 Å². The van der Waals surface area contributed by atoms with Gasteiger partial charge in [0.1, 0.15) is 5.58 Å². The van der Waals surface area contributed by atoms with Crippen LogP contribution in [-0.2, 0) is 26.5 Å². The van der Waals surface area contributed by atoms with Gasteiger partial charge in [-0.2, -0.15) is 0 Å². The summed E-state index contributed by atoms with van der Waals surface area (Å²) in [6.45, 7) is 25.2. The van der Waals surface area contributed by atoms with Crippen molar-refractivity contribution in [2.45, 2.75) is 93.3 Å². The standard InChI is InChI=1S/C37H32N3O.C19H26NSi.Ir/c1-22(2)30-20-26(25-12-7-6-8-13-25)21-31(23(3)4)34(30)40-36(39-33-24(5)18-19-38-37(33)40)29-16-11-15-28-27-14-9-10-17-32(27)41-35(28)29;1-19(2,3)13-16-12-17(15-10-8-7-9-11-15)20-14-18(16)21(4,5)6;/h6-15,17-23H,1-5H3;7-10,12,14H,13H2,1-6H3;/q2*-1;. The molecule has 323 valence electrons. The molecule has 0 atom stereocenters. The Bertz CT molecular complexity index is 3000. The van der Waals surface area contributed by atoms with Gasteiger partial charge in [0, 0.05) is 43.6 Å². The Morgan fingerprint density at radius 3 is 2.06 bits per heavy atom. The summed E-state index contributed by atoms with van der Waals surface area (Å²) >= 11 is 0. The first-order valence-electron chi connectivity index (χ1n) is 22.0. The summed E-state index contributed by atoms with van der Waals surface area (Å²) < 4.78 is 8.75. The Morgan fingerprint density at radius 1 is 0.730 bits per heavy atom. The molecule has 9 aromatic rings. The molecule has 4 heterocycles. The Kier molecular flexibility index (Phi) is 13.3. The van der Waals surface area contributed by atoms with Crippen molar-refractivity contribution in [3.05, 3.63) is 162 Å². The summed E-state index contributed by atoms with van der Waals surface area (Å²) in [6.07, 6.45) is 5.09. The number of hydrogen-bond donors (Lipinski definition) is 0. The Balaban J connectivity index is 0.000000229. The second kappa shape index (κ2) is 18.3. The van der Waals surface area contributed by atoms with Crippen LogP contribution in [0.4, 0.5) is 0 Å². The summed E-state index contributed by atoms with van der Waals surface area (Å²) in [5, 5.41) is 3.63. The number of imidazole rings is 1. The minimum atomic E-state index is -1.37. The largest absolute Gasteiger partial charge is 0.501 e. The van der Waals surface area contributed by atoms with E-state index >= 15 is 0 Å². The van der Waals surface area contributed by atoms with E-state index in [0.717, 1.165) is 73.4 Å². The van der Waals surface area contributed by atoms with Crippen molar-refractivity contribution in [3.8, 4) is 39.5 Å². The molecule has 0 aliphatic carbocycles. The van der Waals surface area contributed by atoms with Gasteiger partial charge in [-0.25, -0.2) is 4.98 Å². The third-order valence-electron chi connectivity index (χ3n) is 11.6. The number of aromatic nitrogens is 4. The molecular formula is C56H58IrN4OSi-2. The molecule has 0 saturated carbocycles. The third kappa shape index (κ3) is 9.43. The zero-order chi connectivity index (χ0) is 43.9. The smallest absolute Gasteiger partial charge is 0.155 e. The number of fused-ring (bicyclic) bond motifs is 4. The Labute approximate surface area is 388 Å². The summed E-state index contributed by atoms with van der Waals surface area (Å²) in [7, 11) is -1.37. The van der Waals surface area contributed by atoms with Gasteiger partial charge in [0.15, 0.2) is 5.65 Å². The van der Waals surface area contributed by atoms with E-state index in [1.165, 1.54) is 33.0 Å². The summed E-state index contributed by atoms with van der Waals surface area (Å²) in [5.74, 6) is 1.34. The third-order valence-corrected chi connectivity index (χ3v) is 13.6. The average molecular weight is 1020 g/mol. The van der Waals surface area contributed by atoms with Crippen molar-refractivity contribution >= 4 is 46.4 Å². The molecular weight excluding hydrogens is 965 g/mol. The molecule has 0 saturated heterocycles. The van der Waals surface area contributed by atoms with Crippen LogP contribution in [0.2, 0.25) is 19.6 Å². The second-order valence-electron chi connectivity index (χ2n) is 19.4. The fourth-order valence-corrected chi connectivity index (χ4v) is 10.1. The number of rotatable bonds is 8. The van der Waals surface area contributed by atoms with Crippen LogP contribution < -0.4 is 5.19 Å². The van der Waals surface area contributed by atoms with Crippen LogP contribution >= 0.6 is 0 Å². The van der Waals surface area contributed by atoms with Crippen LogP contribution in [0, 0.1) is 24.5 Å². The fourth-order valence-electron chi connectivity index (χ4n) is 8.54. The molecule has 0 amide bonds. The zero-order valence-electron chi connectivity index (χ0n) is 38.5. The van der Waals surface area contributed by atoms with Gasteiger partial charge in [-0.3, -0.25) is 4.98 Å². The van der Waals surface area contributed by atoms with Crippen LogP contribution in [0.15, 0.2) is 132 Å².